The van der Waals surface area contributed by atoms with Crippen molar-refractivity contribution in [1.82, 2.24) is 4.90 Å². The quantitative estimate of drug-likeness (QED) is 0.595. The van der Waals surface area contributed by atoms with Crippen LogP contribution in [0.1, 0.15) is 23.8 Å². The van der Waals surface area contributed by atoms with Gasteiger partial charge in [0.2, 0.25) is 5.91 Å². The van der Waals surface area contributed by atoms with Crippen LogP contribution in [0.4, 0.5) is 11.4 Å². The van der Waals surface area contributed by atoms with Gasteiger partial charge in [-0.15, -0.1) is 0 Å². The van der Waals surface area contributed by atoms with Gasteiger partial charge in [0.25, 0.3) is 11.8 Å². The van der Waals surface area contributed by atoms with Crippen molar-refractivity contribution in [2.45, 2.75) is 20.4 Å². The van der Waals surface area contributed by atoms with Crippen molar-refractivity contribution in [2.75, 3.05) is 10.6 Å². The number of carbonyl (C=O) groups excluding carboxylic acids is 3. The van der Waals surface area contributed by atoms with Crippen LogP contribution in [-0.2, 0) is 20.9 Å². The molecule has 0 saturated carbocycles. The van der Waals surface area contributed by atoms with Crippen LogP contribution in [0.5, 0.6) is 0 Å². The SMILES string of the molecule is CC(=O)Nc1ccc(C2=C(Nc3ccc(C)cc3)C(=O)N(Cc3ccco3)C2=O)cc1. The Kier molecular flexibility index (Phi) is 5.41. The van der Waals surface area contributed by atoms with E-state index in [1.807, 2.05) is 31.2 Å². The highest BCUT2D eigenvalue weighted by molar-refractivity contribution is 6.36. The van der Waals surface area contributed by atoms with E-state index in [-0.39, 0.29) is 23.7 Å². The van der Waals surface area contributed by atoms with Crippen molar-refractivity contribution in [3.05, 3.63) is 89.5 Å². The van der Waals surface area contributed by atoms with Gasteiger partial charge in [-0.2, -0.15) is 0 Å². The molecule has 31 heavy (non-hydrogen) atoms. The number of hydrogen-bond acceptors (Lipinski definition) is 5. The number of furan rings is 1. The number of anilines is 2. The van der Waals surface area contributed by atoms with Crippen LogP contribution in [0.2, 0.25) is 0 Å². The second kappa shape index (κ2) is 8.31. The molecule has 1 aliphatic rings. The summed E-state index contributed by atoms with van der Waals surface area (Å²) in [4.78, 5) is 38.9. The third kappa shape index (κ3) is 4.25. The standard InChI is InChI=1S/C24H21N3O4/c1-15-5-9-19(10-6-15)26-22-21(17-7-11-18(12-8-17)25-16(2)28)23(29)27(24(22)30)14-20-4-3-13-31-20/h3-13,26H,14H2,1-2H3,(H,25,28). The molecule has 7 heteroatoms. The van der Waals surface area contributed by atoms with Crippen molar-refractivity contribution in [3.63, 3.8) is 0 Å². The number of hydrogen-bond donors (Lipinski definition) is 2. The molecule has 0 fully saturated rings. The summed E-state index contributed by atoms with van der Waals surface area (Å²) in [5.41, 5.74) is 3.44. The summed E-state index contributed by atoms with van der Waals surface area (Å²) in [5.74, 6) is -0.518. The van der Waals surface area contributed by atoms with Gasteiger partial charge in [-0.1, -0.05) is 29.8 Å². The molecule has 2 N–H and O–H groups in total. The van der Waals surface area contributed by atoms with E-state index in [9.17, 15) is 14.4 Å². The molecular weight excluding hydrogens is 394 g/mol. The van der Waals surface area contributed by atoms with Crippen LogP contribution in [0.15, 0.2) is 77.0 Å². The van der Waals surface area contributed by atoms with E-state index >= 15 is 0 Å². The smallest absolute Gasteiger partial charge is 0.278 e. The molecule has 0 bridgehead atoms. The van der Waals surface area contributed by atoms with Crippen LogP contribution in [0.25, 0.3) is 5.57 Å². The minimum atomic E-state index is -0.428. The molecule has 0 saturated heterocycles. The summed E-state index contributed by atoms with van der Waals surface area (Å²) in [6.07, 6.45) is 1.50. The molecule has 0 spiro atoms. The summed E-state index contributed by atoms with van der Waals surface area (Å²) in [6, 6.07) is 17.8. The maximum Gasteiger partial charge on any atom is 0.278 e. The van der Waals surface area contributed by atoms with Gasteiger partial charge in [-0.05, 0) is 48.9 Å². The zero-order valence-electron chi connectivity index (χ0n) is 17.1. The highest BCUT2D eigenvalue weighted by Gasteiger charge is 2.39. The topological polar surface area (TPSA) is 91.7 Å². The van der Waals surface area contributed by atoms with Crippen LogP contribution >= 0.6 is 0 Å². The number of imide groups is 1. The first kappa shape index (κ1) is 20.2. The number of carbonyl (C=O) groups is 3. The first-order valence-electron chi connectivity index (χ1n) is 9.77. The second-order valence-electron chi connectivity index (χ2n) is 7.28. The van der Waals surface area contributed by atoms with E-state index < -0.39 is 11.8 Å². The monoisotopic (exact) mass is 415 g/mol. The van der Waals surface area contributed by atoms with Crippen molar-refractivity contribution in [3.8, 4) is 0 Å². The van der Waals surface area contributed by atoms with Gasteiger partial charge in [-0.3, -0.25) is 19.3 Å². The molecule has 156 valence electrons. The van der Waals surface area contributed by atoms with Crippen molar-refractivity contribution >= 4 is 34.7 Å². The van der Waals surface area contributed by atoms with Gasteiger partial charge in [-0.25, -0.2) is 0 Å². The number of aryl methyl sites for hydroxylation is 1. The summed E-state index contributed by atoms with van der Waals surface area (Å²) in [5, 5.41) is 5.81. The number of amides is 3. The molecule has 1 aromatic heterocycles. The summed E-state index contributed by atoms with van der Waals surface area (Å²) >= 11 is 0. The first-order chi connectivity index (χ1) is 14.9. The van der Waals surface area contributed by atoms with Crippen molar-refractivity contribution < 1.29 is 18.8 Å². The molecule has 2 aromatic carbocycles. The lowest BCUT2D eigenvalue weighted by atomic mass is 10.0. The number of nitrogens with one attached hydrogen (secondary N) is 2. The van der Waals surface area contributed by atoms with Crippen LogP contribution in [0, 0.1) is 6.92 Å². The predicted molar refractivity (Wildman–Crippen MR) is 117 cm³/mol. The summed E-state index contributed by atoms with van der Waals surface area (Å²) < 4.78 is 5.33. The average Bonchev–Trinajstić information content (AvgIpc) is 3.33. The highest BCUT2D eigenvalue weighted by Crippen LogP contribution is 2.32. The Morgan fingerprint density at radius 1 is 0.935 bits per heavy atom. The maximum absolute atomic E-state index is 13.3. The van der Waals surface area contributed by atoms with Crippen molar-refractivity contribution in [2.24, 2.45) is 0 Å². The number of benzene rings is 2. The molecule has 0 atom stereocenters. The molecule has 2 heterocycles. The lowest BCUT2D eigenvalue weighted by Crippen LogP contribution is -2.31. The predicted octanol–water partition coefficient (Wildman–Crippen LogP) is 3.94. The first-order valence-corrected chi connectivity index (χ1v) is 9.77. The Morgan fingerprint density at radius 3 is 2.23 bits per heavy atom. The Morgan fingerprint density at radius 2 is 1.61 bits per heavy atom. The second-order valence-corrected chi connectivity index (χ2v) is 7.28. The highest BCUT2D eigenvalue weighted by atomic mass is 16.3. The fourth-order valence-corrected chi connectivity index (χ4v) is 3.37. The maximum atomic E-state index is 13.3. The minimum absolute atomic E-state index is 0.0389. The van der Waals surface area contributed by atoms with E-state index in [0.717, 1.165) is 10.5 Å². The molecule has 3 amide bonds. The molecule has 0 aliphatic carbocycles. The van der Waals surface area contributed by atoms with E-state index in [1.165, 1.54) is 13.2 Å². The molecular formula is C24H21N3O4. The zero-order chi connectivity index (χ0) is 22.0. The van der Waals surface area contributed by atoms with Crippen LogP contribution in [-0.4, -0.2) is 22.6 Å². The lowest BCUT2D eigenvalue weighted by Gasteiger charge is -2.13. The minimum Gasteiger partial charge on any atom is -0.467 e. The van der Waals surface area contributed by atoms with E-state index in [1.54, 1.807) is 36.4 Å². The summed E-state index contributed by atoms with van der Waals surface area (Å²) in [7, 11) is 0. The van der Waals surface area contributed by atoms with Gasteiger partial charge >= 0.3 is 0 Å². The van der Waals surface area contributed by atoms with Gasteiger partial charge in [0.05, 0.1) is 18.4 Å². The molecule has 4 rings (SSSR count). The van der Waals surface area contributed by atoms with E-state index in [4.69, 9.17) is 4.42 Å². The average molecular weight is 415 g/mol. The fraction of sp³-hybridized carbons (Fsp3) is 0.125. The van der Waals surface area contributed by atoms with Crippen molar-refractivity contribution in [1.29, 1.82) is 0 Å². The van der Waals surface area contributed by atoms with Gasteiger partial charge in [0.1, 0.15) is 11.5 Å². The van der Waals surface area contributed by atoms with Gasteiger partial charge in [0, 0.05) is 18.3 Å². The zero-order valence-corrected chi connectivity index (χ0v) is 17.1. The molecule has 0 unspecified atom stereocenters. The Balaban J connectivity index is 1.71. The van der Waals surface area contributed by atoms with E-state index in [0.29, 0.717) is 22.7 Å². The number of rotatable bonds is 6. The molecule has 3 aromatic rings. The fourth-order valence-electron chi connectivity index (χ4n) is 3.37. The summed E-state index contributed by atoms with van der Waals surface area (Å²) in [6.45, 7) is 3.43. The Labute approximate surface area is 179 Å². The van der Waals surface area contributed by atoms with Crippen LogP contribution < -0.4 is 10.6 Å². The molecule has 1 aliphatic heterocycles. The molecule has 7 nitrogen and oxygen atoms in total. The number of nitrogens with zero attached hydrogens (tertiary/aromatic N) is 1. The lowest BCUT2D eigenvalue weighted by molar-refractivity contribution is -0.137. The van der Waals surface area contributed by atoms with E-state index in [2.05, 4.69) is 10.6 Å². The largest absolute Gasteiger partial charge is 0.467 e. The molecule has 0 radical (unpaired) electrons. The third-order valence-electron chi connectivity index (χ3n) is 4.88. The van der Waals surface area contributed by atoms with Gasteiger partial charge in [0.15, 0.2) is 0 Å². The Hall–Kier alpha value is -4.13. The third-order valence-corrected chi connectivity index (χ3v) is 4.88. The van der Waals surface area contributed by atoms with Gasteiger partial charge < -0.3 is 15.1 Å². The van der Waals surface area contributed by atoms with Crippen LogP contribution in [0.3, 0.4) is 0 Å². The normalized spacial score (nSPS) is 13.7. The Bertz CT molecular complexity index is 1160.